The van der Waals surface area contributed by atoms with Gasteiger partial charge in [-0.2, -0.15) is 0 Å². The Balaban J connectivity index is 0.00000110. The zero-order valence-corrected chi connectivity index (χ0v) is 14.7. The van der Waals surface area contributed by atoms with Gasteiger partial charge in [0, 0.05) is 30.7 Å². The minimum atomic E-state index is 0. The summed E-state index contributed by atoms with van der Waals surface area (Å²) in [6, 6.07) is 4.24. The Bertz CT molecular complexity index is 496. The third kappa shape index (κ3) is 3.85. The first-order valence-corrected chi connectivity index (χ1v) is 7.25. The first-order valence-electron chi connectivity index (χ1n) is 6.46. The molecule has 1 aromatic rings. The molecule has 0 amide bonds. The van der Waals surface area contributed by atoms with E-state index in [9.17, 15) is 0 Å². The molecule has 0 bridgehead atoms. The van der Waals surface area contributed by atoms with Crippen molar-refractivity contribution in [3.63, 3.8) is 0 Å². The molecule has 21 heavy (non-hydrogen) atoms. The maximum atomic E-state index is 5.47. The minimum absolute atomic E-state index is 0. The summed E-state index contributed by atoms with van der Waals surface area (Å²) in [4.78, 5) is 2.42. The van der Waals surface area contributed by atoms with Gasteiger partial charge in [0.25, 0.3) is 0 Å². The number of piperazine rings is 1. The van der Waals surface area contributed by atoms with Gasteiger partial charge in [0.1, 0.15) is 0 Å². The number of rotatable bonds is 3. The molecule has 2 aliphatic heterocycles. The maximum absolute atomic E-state index is 5.47. The molecule has 0 aliphatic carbocycles. The van der Waals surface area contributed by atoms with Crippen molar-refractivity contribution in [1.82, 2.24) is 10.2 Å². The van der Waals surface area contributed by atoms with E-state index in [1.807, 2.05) is 12.1 Å². The number of halogens is 3. The Kier molecular flexibility index (Phi) is 7.30. The smallest absolute Gasteiger partial charge is 0.231 e. The van der Waals surface area contributed by atoms with Crippen LogP contribution in [0.1, 0.15) is 11.6 Å². The van der Waals surface area contributed by atoms with Crippen molar-refractivity contribution in [3.8, 4) is 11.5 Å². The summed E-state index contributed by atoms with van der Waals surface area (Å²) < 4.78 is 11.9. The lowest BCUT2D eigenvalue weighted by molar-refractivity contribution is 0.173. The Morgan fingerprint density at radius 2 is 1.81 bits per heavy atom. The number of benzene rings is 1. The minimum Gasteiger partial charge on any atom is -0.454 e. The highest BCUT2D eigenvalue weighted by molar-refractivity contribution is 9.10. The van der Waals surface area contributed by atoms with E-state index in [2.05, 4.69) is 38.8 Å². The van der Waals surface area contributed by atoms with Crippen LogP contribution in [0.5, 0.6) is 11.5 Å². The van der Waals surface area contributed by atoms with Gasteiger partial charge in [-0.05, 0) is 17.7 Å². The van der Waals surface area contributed by atoms with Crippen LogP contribution in [-0.2, 0) is 0 Å². The normalized spacial score (nSPS) is 18.3. The highest BCUT2D eigenvalue weighted by atomic mass is 79.9. The molecule has 3 rings (SSSR count). The lowest BCUT2D eigenvalue weighted by atomic mass is 10.0. The van der Waals surface area contributed by atoms with Crippen molar-refractivity contribution in [2.75, 3.05) is 33.0 Å². The number of nitrogens with one attached hydrogen (secondary N) is 1. The lowest BCUT2D eigenvalue weighted by Crippen LogP contribution is -2.44. The molecule has 0 aromatic heterocycles. The average Bonchev–Trinajstić information content (AvgIpc) is 2.88. The highest BCUT2D eigenvalue weighted by Crippen LogP contribution is 2.40. The van der Waals surface area contributed by atoms with Gasteiger partial charge in [-0.3, -0.25) is 4.90 Å². The zero-order valence-electron chi connectivity index (χ0n) is 11.5. The molecule has 2 heterocycles. The quantitative estimate of drug-likeness (QED) is 0.794. The number of nitrogens with zero attached hydrogens (tertiary/aromatic N) is 1. The van der Waals surface area contributed by atoms with Crippen LogP contribution in [0.25, 0.3) is 0 Å². The fourth-order valence-electron chi connectivity index (χ4n) is 2.59. The van der Waals surface area contributed by atoms with Gasteiger partial charge < -0.3 is 14.8 Å². The van der Waals surface area contributed by atoms with E-state index in [1.54, 1.807) is 0 Å². The predicted molar refractivity (Wildman–Crippen MR) is 92.1 cm³/mol. The van der Waals surface area contributed by atoms with Crippen LogP contribution in [0, 0.1) is 0 Å². The predicted octanol–water partition coefficient (Wildman–Crippen LogP) is 3.15. The summed E-state index contributed by atoms with van der Waals surface area (Å²) >= 11 is 3.63. The van der Waals surface area contributed by atoms with Crippen LogP contribution in [0.15, 0.2) is 29.3 Å². The van der Waals surface area contributed by atoms with Crippen LogP contribution >= 0.6 is 40.7 Å². The van der Waals surface area contributed by atoms with E-state index < -0.39 is 0 Å². The zero-order chi connectivity index (χ0) is 13.2. The van der Waals surface area contributed by atoms with Gasteiger partial charge in [0.05, 0.1) is 6.04 Å². The number of hydrogen-bond donors (Lipinski definition) is 1. The van der Waals surface area contributed by atoms with Crippen LogP contribution < -0.4 is 14.8 Å². The molecule has 1 N–H and O–H groups in total. The summed E-state index contributed by atoms with van der Waals surface area (Å²) in [5.74, 6) is 1.62. The van der Waals surface area contributed by atoms with E-state index in [1.165, 1.54) is 5.56 Å². The van der Waals surface area contributed by atoms with E-state index >= 15 is 0 Å². The summed E-state index contributed by atoms with van der Waals surface area (Å²) in [6.45, 7) is 8.39. The van der Waals surface area contributed by atoms with Crippen LogP contribution in [-0.4, -0.2) is 37.9 Å². The second-order valence-corrected chi connectivity index (χ2v) is 5.55. The molecule has 2 aliphatic rings. The Hall–Kier alpha value is -0.460. The van der Waals surface area contributed by atoms with Crippen LogP contribution in [0.4, 0.5) is 0 Å². The van der Waals surface area contributed by atoms with Crippen molar-refractivity contribution < 1.29 is 9.47 Å². The van der Waals surface area contributed by atoms with Gasteiger partial charge in [0.15, 0.2) is 11.5 Å². The van der Waals surface area contributed by atoms with Crippen LogP contribution in [0.2, 0.25) is 0 Å². The van der Waals surface area contributed by atoms with Gasteiger partial charge in [-0.15, -0.1) is 31.4 Å². The molecule has 1 atom stereocenters. The molecule has 1 fully saturated rings. The first kappa shape index (κ1) is 18.6. The van der Waals surface area contributed by atoms with Gasteiger partial charge in [-0.1, -0.05) is 22.0 Å². The van der Waals surface area contributed by atoms with Crippen LogP contribution in [0.3, 0.4) is 0 Å². The molecule has 7 heteroatoms. The molecule has 0 saturated carbocycles. The number of ether oxygens (including phenoxy) is 2. The van der Waals surface area contributed by atoms with E-state index in [0.29, 0.717) is 6.79 Å². The molecular weight excluding hydrogens is 379 g/mol. The number of fused-ring (bicyclic) bond motifs is 1. The van der Waals surface area contributed by atoms with E-state index in [-0.39, 0.29) is 30.9 Å². The molecule has 118 valence electrons. The summed E-state index contributed by atoms with van der Waals surface area (Å²) in [5, 5.41) is 3.37. The van der Waals surface area contributed by atoms with Crippen molar-refractivity contribution in [3.05, 3.63) is 34.8 Å². The van der Waals surface area contributed by atoms with Gasteiger partial charge >= 0.3 is 0 Å². The van der Waals surface area contributed by atoms with Crippen molar-refractivity contribution in [2.24, 2.45) is 0 Å². The topological polar surface area (TPSA) is 33.7 Å². The lowest BCUT2D eigenvalue weighted by Gasteiger charge is -2.34. The van der Waals surface area contributed by atoms with E-state index in [0.717, 1.165) is 42.2 Å². The first-order chi connectivity index (χ1) is 9.29. The molecular formula is C14H19BrCl2N2O2. The second kappa shape index (κ2) is 8.25. The fraction of sp³-hybridized carbons (Fsp3) is 0.429. The summed E-state index contributed by atoms with van der Waals surface area (Å²) in [6.07, 6.45) is 1.99. The molecule has 0 spiro atoms. The molecule has 4 nitrogen and oxygen atoms in total. The van der Waals surface area contributed by atoms with Crippen molar-refractivity contribution >= 4 is 40.7 Å². The van der Waals surface area contributed by atoms with Gasteiger partial charge in [0.2, 0.25) is 6.79 Å². The number of hydrogen-bond acceptors (Lipinski definition) is 4. The largest absolute Gasteiger partial charge is 0.454 e. The third-order valence-corrected chi connectivity index (χ3v) is 4.27. The average molecular weight is 398 g/mol. The van der Waals surface area contributed by atoms with Crippen molar-refractivity contribution in [1.29, 1.82) is 0 Å². The maximum Gasteiger partial charge on any atom is 0.231 e. The molecule has 1 aromatic carbocycles. The van der Waals surface area contributed by atoms with E-state index in [4.69, 9.17) is 9.47 Å². The Labute approximate surface area is 145 Å². The molecule has 0 radical (unpaired) electrons. The Morgan fingerprint density at radius 1 is 1.19 bits per heavy atom. The molecule has 1 saturated heterocycles. The second-order valence-electron chi connectivity index (χ2n) is 4.69. The highest BCUT2D eigenvalue weighted by Gasteiger charge is 2.24. The third-order valence-electron chi connectivity index (χ3n) is 3.58. The summed E-state index contributed by atoms with van der Waals surface area (Å²) in [7, 11) is 0. The SMILES string of the molecule is C=C[C@H](c1cc2c(cc1Br)OCO2)N1CCNCC1.Cl.Cl. The molecule has 0 unspecified atom stereocenters. The van der Waals surface area contributed by atoms with Crippen molar-refractivity contribution in [2.45, 2.75) is 6.04 Å². The fourth-order valence-corrected chi connectivity index (χ4v) is 3.15. The van der Waals surface area contributed by atoms with Gasteiger partial charge in [-0.25, -0.2) is 0 Å². The summed E-state index contributed by atoms with van der Waals surface area (Å²) in [5.41, 5.74) is 1.18. The monoisotopic (exact) mass is 396 g/mol. The standard InChI is InChI=1S/C14H17BrN2O2.2ClH/c1-2-12(17-5-3-16-4-6-17)10-7-13-14(8-11(10)15)19-9-18-13;;/h2,7-8,12,16H,1,3-6,9H2;2*1H/t12-;;/m1../s1. The Morgan fingerprint density at radius 3 is 2.43 bits per heavy atom.